The number of aliphatic carboxylic acids is 1. The van der Waals surface area contributed by atoms with Gasteiger partial charge in [0, 0.05) is 33.1 Å². The minimum absolute atomic E-state index is 0.00429. The van der Waals surface area contributed by atoms with Crippen LogP contribution in [0, 0.1) is 5.41 Å². The third kappa shape index (κ3) is 4.91. The van der Waals surface area contributed by atoms with Gasteiger partial charge in [0.1, 0.15) is 6.04 Å². The Labute approximate surface area is 125 Å². The van der Waals surface area contributed by atoms with Crippen LogP contribution < -0.4 is 5.32 Å². The molecular weight excluding hydrogens is 274 g/mol. The van der Waals surface area contributed by atoms with Crippen LogP contribution >= 0.6 is 0 Å². The molecule has 2 N–H and O–H groups in total. The Hall–Kier alpha value is -1.79. The Balaban J connectivity index is 2.66. The molecule has 1 aliphatic heterocycles. The molecule has 1 saturated heterocycles. The summed E-state index contributed by atoms with van der Waals surface area (Å²) < 4.78 is 0. The number of amides is 3. The molecule has 0 spiro atoms. The van der Waals surface area contributed by atoms with Crippen molar-refractivity contribution in [3.63, 3.8) is 0 Å². The van der Waals surface area contributed by atoms with Gasteiger partial charge in [0.25, 0.3) is 0 Å². The van der Waals surface area contributed by atoms with Crippen molar-refractivity contribution in [2.75, 3.05) is 26.2 Å². The Morgan fingerprint density at radius 1 is 1.05 bits per heavy atom. The first kappa shape index (κ1) is 17.3. The quantitative estimate of drug-likeness (QED) is 0.787. The van der Waals surface area contributed by atoms with Gasteiger partial charge in [-0.2, -0.15) is 0 Å². The molecular formula is C14H25N3O4. The van der Waals surface area contributed by atoms with Crippen molar-refractivity contribution in [1.29, 1.82) is 0 Å². The molecule has 7 heteroatoms. The van der Waals surface area contributed by atoms with Crippen molar-refractivity contribution >= 4 is 17.9 Å². The summed E-state index contributed by atoms with van der Waals surface area (Å²) in [6, 6.07) is -1.33. The molecule has 0 aliphatic carbocycles. The maximum Gasteiger partial charge on any atom is 0.326 e. The molecule has 0 aromatic rings. The van der Waals surface area contributed by atoms with Crippen LogP contribution in [0.3, 0.4) is 0 Å². The van der Waals surface area contributed by atoms with Crippen molar-refractivity contribution in [3.05, 3.63) is 0 Å². The van der Waals surface area contributed by atoms with Crippen molar-refractivity contribution in [2.24, 2.45) is 5.41 Å². The van der Waals surface area contributed by atoms with Crippen molar-refractivity contribution in [3.8, 4) is 0 Å². The lowest BCUT2D eigenvalue weighted by molar-refractivity contribution is -0.142. The number of carboxylic acids is 1. The summed E-state index contributed by atoms with van der Waals surface area (Å²) in [5.41, 5.74) is -0.571. The molecule has 120 valence electrons. The molecule has 1 fully saturated rings. The fourth-order valence-corrected chi connectivity index (χ4v) is 2.30. The number of nitrogens with one attached hydrogen (secondary N) is 1. The van der Waals surface area contributed by atoms with Crippen molar-refractivity contribution in [1.82, 2.24) is 15.1 Å². The van der Waals surface area contributed by atoms with E-state index < -0.39 is 17.4 Å². The van der Waals surface area contributed by atoms with Crippen LogP contribution in [-0.2, 0) is 9.59 Å². The minimum atomic E-state index is -1.05. The molecule has 1 aliphatic rings. The number of carbonyl (C=O) groups excluding carboxylic acids is 2. The third-order valence-electron chi connectivity index (χ3n) is 3.61. The van der Waals surface area contributed by atoms with E-state index in [1.165, 1.54) is 6.92 Å². The number of carbonyl (C=O) groups is 3. The largest absolute Gasteiger partial charge is 0.480 e. The molecule has 1 rings (SSSR count). The summed E-state index contributed by atoms with van der Waals surface area (Å²) in [5.74, 6) is -1.05. The lowest BCUT2D eigenvalue weighted by Gasteiger charge is -2.30. The molecule has 3 amide bonds. The predicted octanol–water partition coefficient (Wildman–Crippen LogP) is 0.750. The Bertz CT molecular complexity index is 417. The smallest absolute Gasteiger partial charge is 0.326 e. The fourth-order valence-electron chi connectivity index (χ4n) is 2.30. The van der Waals surface area contributed by atoms with Crippen LogP contribution in [0.1, 0.15) is 34.1 Å². The van der Waals surface area contributed by atoms with Gasteiger partial charge in [-0.15, -0.1) is 0 Å². The molecule has 7 nitrogen and oxygen atoms in total. The van der Waals surface area contributed by atoms with Crippen LogP contribution in [0.4, 0.5) is 4.79 Å². The summed E-state index contributed by atoms with van der Waals surface area (Å²) >= 11 is 0. The van der Waals surface area contributed by atoms with Crippen LogP contribution in [0.2, 0.25) is 0 Å². The van der Waals surface area contributed by atoms with Gasteiger partial charge in [-0.1, -0.05) is 20.8 Å². The molecule has 1 unspecified atom stereocenters. The van der Waals surface area contributed by atoms with E-state index in [0.717, 1.165) is 0 Å². The van der Waals surface area contributed by atoms with Gasteiger partial charge in [-0.3, -0.25) is 4.79 Å². The summed E-state index contributed by atoms with van der Waals surface area (Å²) in [6.45, 7) is 8.87. The van der Waals surface area contributed by atoms with Crippen molar-refractivity contribution < 1.29 is 19.5 Å². The minimum Gasteiger partial charge on any atom is -0.480 e. The van der Waals surface area contributed by atoms with Gasteiger partial charge >= 0.3 is 12.0 Å². The maximum atomic E-state index is 12.2. The molecule has 1 atom stereocenters. The van der Waals surface area contributed by atoms with Crippen LogP contribution in [0.15, 0.2) is 0 Å². The number of rotatable bonds is 2. The van der Waals surface area contributed by atoms with E-state index in [9.17, 15) is 19.5 Å². The standard InChI is InChI=1S/C14H25N3O4/c1-10(18)16-6-5-7-17(9-8-16)13(21)15-11(12(19)20)14(2,3)4/h11H,5-9H2,1-4H3,(H,15,21)(H,19,20). The molecule has 0 bridgehead atoms. The van der Waals surface area contributed by atoms with E-state index >= 15 is 0 Å². The second-order valence-corrected chi connectivity index (χ2v) is 6.43. The molecule has 0 radical (unpaired) electrons. The average molecular weight is 299 g/mol. The van der Waals surface area contributed by atoms with E-state index in [4.69, 9.17) is 0 Å². The maximum absolute atomic E-state index is 12.2. The first-order valence-electron chi connectivity index (χ1n) is 7.16. The zero-order valence-corrected chi connectivity index (χ0v) is 13.2. The SMILES string of the molecule is CC(=O)N1CCCN(C(=O)NC(C(=O)O)C(C)(C)C)CC1. The second-order valence-electron chi connectivity index (χ2n) is 6.43. The highest BCUT2D eigenvalue weighted by Gasteiger charge is 2.34. The topological polar surface area (TPSA) is 90.0 Å². The summed E-state index contributed by atoms with van der Waals surface area (Å²) in [5, 5.41) is 11.8. The number of carboxylic acid groups (broad SMARTS) is 1. The Kier molecular flexibility index (Phi) is 5.57. The van der Waals surface area contributed by atoms with Gasteiger partial charge < -0.3 is 20.2 Å². The van der Waals surface area contributed by atoms with Gasteiger partial charge in [-0.25, -0.2) is 9.59 Å². The Morgan fingerprint density at radius 3 is 2.05 bits per heavy atom. The Morgan fingerprint density at radius 2 is 1.57 bits per heavy atom. The monoisotopic (exact) mass is 299 g/mol. The highest BCUT2D eigenvalue weighted by molar-refractivity contribution is 5.83. The number of hydrogen-bond acceptors (Lipinski definition) is 3. The molecule has 0 aromatic carbocycles. The zero-order chi connectivity index (χ0) is 16.2. The van der Waals surface area contributed by atoms with Crippen molar-refractivity contribution in [2.45, 2.75) is 40.2 Å². The van der Waals surface area contributed by atoms with E-state index in [0.29, 0.717) is 32.6 Å². The van der Waals surface area contributed by atoms with Gasteiger partial charge in [0.15, 0.2) is 0 Å². The first-order valence-corrected chi connectivity index (χ1v) is 7.16. The highest BCUT2D eigenvalue weighted by Crippen LogP contribution is 2.19. The summed E-state index contributed by atoms with van der Waals surface area (Å²) in [4.78, 5) is 38.2. The molecule has 0 saturated carbocycles. The lowest BCUT2D eigenvalue weighted by Crippen LogP contribution is -2.53. The normalized spacial score (nSPS) is 17.9. The molecule has 21 heavy (non-hydrogen) atoms. The van der Waals surface area contributed by atoms with Crippen LogP contribution in [0.25, 0.3) is 0 Å². The second kappa shape index (κ2) is 6.78. The third-order valence-corrected chi connectivity index (χ3v) is 3.61. The van der Waals surface area contributed by atoms with Gasteiger partial charge in [0.2, 0.25) is 5.91 Å². The predicted molar refractivity (Wildman–Crippen MR) is 77.9 cm³/mol. The number of urea groups is 1. The van der Waals surface area contributed by atoms with Gasteiger partial charge in [0.05, 0.1) is 0 Å². The van der Waals surface area contributed by atoms with E-state index in [-0.39, 0.29) is 11.9 Å². The van der Waals surface area contributed by atoms with E-state index in [2.05, 4.69) is 5.32 Å². The highest BCUT2D eigenvalue weighted by atomic mass is 16.4. The van der Waals surface area contributed by atoms with E-state index in [1.54, 1.807) is 30.6 Å². The van der Waals surface area contributed by atoms with Crippen LogP contribution in [-0.4, -0.2) is 65.0 Å². The first-order chi connectivity index (χ1) is 9.62. The lowest BCUT2D eigenvalue weighted by atomic mass is 9.87. The summed E-state index contributed by atoms with van der Waals surface area (Å²) in [7, 11) is 0. The van der Waals surface area contributed by atoms with E-state index in [1.807, 2.05) is 0 Å². The number of hydrogen-bond donors (Lipinski definition) is 2. The fraction of sp³-hybridized carbons (Fsp3) is 0.786. The zero-order valence-electron chi connectivity index (χ0n) is 13.2. The van der Waals surface area contributed by atoms with Gasteiger partial charge in [-0.05, 0) is 11.8 Å². The number of nitrogens with zero attached hydrogens (tertiary/aromatic N) is 2. The summed E-state index contributed by atoms with van der Waals surface area (Å²) in [6.07, 6.45) is 0.695. The van der Waals surface area contributed by atoms with Crippen LogP contribution in [0.5, 0.6) is 0 Å². The molecule has 1 heterocycles. The average Bonchev–Trinajstić information content (AvgIpc) is 2.59. The molecule has 0 aromatic heterocycles.